The maximum atomic E-state index is 12.7. The first-order valence-corrected chi connectivity index (χ1v) is 9.10. The summed E-state index contributed by atoms with van der Waals surface area (Å²) in [5.74, 6) is 0.124. The number of hydrogen-bond acceptors (Lipinski definition) is 4. The summed E-state index contributed by atoms with van der Waals surface area (Å²) < 4.78 is 0. The molecule has 2 amide bonds. The Kier molecular flexibility index (Phi) is 5.42. The van der Waals surface area contributed by atoms with Crippen molar-refractivity contribution in [2.75, 3.05) is 26.2 Å². The first kappa shape index (κ1) is 17.9. The highest BCUT2D eigenvalue weighted by Gasteiger charge is 2.26. The normalized spacial score (nSPS) is 16.3. The van der Waals surface area contributed by atoms with Gasteiger partial charge in [0.15, 0.2) is 0 Å². The zero-order valence-corrected chi connectivity index (χ0v) is 15.4. The second kappa shape index (κ2) is 7.56. The summed E-state index contributed by atoms with van der Waals surface area (Å²) in [6, 6.07) is 7.81. The lowest BCUT2D eigenvalue weighted by Gasteiger charge is -2.34. The topological polar surface area (TPSA) is 52.7 Å². The minimum atomic E-state index is 0. The number of piperazine rings is 1. The lowest BCUT2D eigenvalue weighted by Crippen LogP contribution is -2.50. The highest BCUT2D eigenvalue weighted by atomic mass is 35.5. The molecule has 7 heteroatoms. The van der Waals surface area contributed by atoms with E-state index in [1.165, 1.54) is 22.5 Å². The molecule has 0 unspecified atom stereocenters. The molecule has 3 heterocycles. The van der Waals surface area contributed by atoms with Gasteiger partial charge in [-0.15, -0.1) is 12.4 Å². The van der Waals surface area contributed by atoms with E-state index in [1.54, 1.807) is 0 Å². The van der Waals surface area contributed by atoms with Crippen LogP contribution in [0.2, 0.25) is 0 Å². The Balaban J connectivity index is 0.00000182. The Morgan fingerprint density at radius 3 is 2.16 bits per heavy atom. The van der Waals surface area contributed by atoms with Gasteiger partial charge < -0.3 is 15.1 Å². The van der Waals surface area contributed by atoms with Gasteiger partial charge in [-0.2, -0.15) is 11.3 Å². The van der Waals surface area contributed by atoms with E-state index >= 15 is 0 Å². The van der Waals surface area contributed by atoms with Crippen LogP contribution in [0.1, 0.15) is 31.8 Å². The molecule has 132 valence electrons. The van der Waals surface area contributed by atoms with Gasteiger partial charge in [0.05, 0.1) is 5.56 Å². The molecule has 1 aromatic carbocycles. The Morgan fingerprint density at radius 1 is 0.880 bits per heavy atom. The summed E-state index contributed by atoms with van der Waals surface area (Å²) in [6.45, 7) is 4.07. The van der Waals surface area contributed by atoms with E-state index < -0.39 is 0 Å². The largest absolute Gasteiger partial charge is 0.335 e. The molecule has 0 radical (unpaired) electrons. The van der Waals surface area contributed by atoms with E-state index in [0.29, 0.717) is 26.2 Å². The average Bonchev–Trinajstić information content (AvgIpc) is 3.31. The molecule has 1 fully saturated rings. The summed E-state index contributed by atoms with van der Waals surface area (Å²) in [5, 5.41) is 7.08. The highest BCUT2D eigenvalue weighted by molar-refractivity contribution is 7.08. The molecule has 4 rings (SSSR count). The minimum Gasteiger partial charge on any atom is -0.335 e. The van der Waals surface area contributed by atoms with Gasteiger partial charge in [0, 0.05) is 50.2 Å². The lowest BCUT2D eigenvalue weighted by atomic mass is 10.1. The van der Waals surface area contributed by atoms with Gasteiger partial charge in [-0.05, 0) is 34.7 Å². The summed E-state index contributed by atoms with van der Waals surface area (Å²) in [4.78, 5) is 28.7. The number of carbonyl (C=O) groups excluding carboxylic acids is 2. The van der Waals surface area contributed by atoms with Gasteiger partial charge in [0.1, 0.15) is 0 Å². The van der Waals surface area contributed by atoms with Crippen molar-refractivity contribution in [3.05, 3.63) is 57.3 Å². The number of amides is 2. The van der Waals surface area contributed by atoms with Crippen LogP contribution < -0.4 is 5.32 Å². The molecule has 1 aromatic heterocycles. The maximum Gasteiger partial charge on any atom is 0.254 e. The van der Waals surface area contributed by atoms with Crippen molar-refractivity contribution in [1.29, 1.82) is 0 Å². The van der Waals surface area contributed by atoms with Gasteiger partial charge in [-0.1, -0.05) is 6.07 Å². The van der Waals surface area contributed by atoms with Gasteiger partial charge >= 0.3 is 0 Å². The Morgan fingerprint density at radius 2 is 1.52 bits per heavy atom. The van der Waals surface area contributed by atoms with Crippen LogP contribution in [0.25, 0.3) is 0 Å². The SMILES string of the molecule is Cl.O=C(c1ccsc1)N1CCN(C(=O)c2ccc3c(c2)CNC3)CC1. The van der Waals surface area contributed by atoms with Crippen molar-refractivity contribution in [3.63, 3.8) is 0 Å². The molecule has 2 aliphatic heterocycles. The van der Waals surface area contributed by atoms with Crippen molar-refractivity contribution < 1.29 is 9.59 Å². The molecule has 0 bridgehead atoms. The second-order valence-corrected chi connectivity index (χ2v) is 6.96. The molecule has 0 atom stereocenters. The van der Waals surface area contributed by atoms with Gasteiger partial charge in [0.25, 0.3) is 11.8 Å². The number of nitrogens with one attached hydrogen (secondary N) is 1. The first-order valence-electron chi connectivity index (χ1n) is 8.15. The quantitative estimate of drug-likeness (QED) is 0.874. The molecule has 5 nitrogen and oxygen atoms in total. The highest BCUT2D eigenvalue weighted by Crippen LogP contribution is 2.19. The minimum absolute atomic E-state index is 0. The van der Waals surface area contributed by atoms with Crippen molar-refractivity contribution in [1.82, 2.24) is 15.1 Å². The number of thiophene rings is 1. The fourth-order valence-electron chi connectivity index (χ4n) is 3.29. The standard InChI is InChI=1S/C18H19N3O2S.ClH/c22-17(13-1-2-14-10-19-11-16(14)9-13)20-4-6-21(7-5-20)18(23)15-3-8-24-12-15;/h1-3,8-9,12,19H,4-7,10-11H2;1H. The average molecular weight is 378 g/mol. The Bertz CT molecular complexity index is 771. The van der Waals surface area contributed by atoms with E-state index in [0.717, 1.165) is 24.2 Å². The molecule has 2 aliphatic rings. The van der Waals surface area contributed by atoms with Crippen LogP contribution in [0.4, 0.5) is 0 Å². The number of fused-ring (bicyclic) bond motifs is 1. The second-order valence-electron chi connectivity index (χ2n) is 6.18. The lowest BCUT2D eigenvalue weighted by molar-refractivity contribution is 0.0536. The van der Waals surface area contributed by atoms with Crippen LogP contribution in [0.5, 0.6) is 0 Å². The number of nitrogens with zero attached hydrogens (tertiary/aromatic N) is 2. The van der Waals surface area contributed by atoms with Crippen LogP contribution in [-0.2, 0) is 13.1 Å². The third-order valence-corrected chi connectivity index (χ3v) is 5.39. The summed E-state index contributed by atoms with van der Waals surface area (Å²) in [5.41, 5.74) is 3.98. The maximum absolute atomic E-state index is 12.7. The summed E-state index contributed by atoms with van der Waals surface area (Å²) in [7, 11) is 0. The molecule has 0 spiro atoms. The molecule has 0 saturated carbocycles. The molecule has 1 N–H and O–H groups in total. The van der Waals surface area contributed by atoms with Crippen LogP contribution in [-0.4, -0.2) is 47.8 Å². The predicted octanol–water partition coefficient (Wildman–Crippen LogP) is 2.37. The third kappa shape index (κ3) is 3.56. The van der Waals surface area contributed by atoms with E-state index in [9.17, 15) is 9.59 Å². The van der Waals surface area contributed by atoms with Gasteiger partial charge in [0.2, 0.25) is 0 Å². The third-order valence-electron chi connectivity index (χ3n) is 4.71. The van der Waals surface area contributed by atoms with Gasteiger partial charge in [-0.25, -0.2) is 0 Å². The van der Waals surface area contributed by atoms with Crippen molar-refractivity contribution >= 4 is 35.6 Å². The van der Waals surface area contributed by atoms with E-state index in [1.807, 2.05) is 44.8 Å². The smallest absolute Gasteiger partial charge is 0.254 e. The van der Waals surface area contributed by atoms with Crippen LogP contribution in [0.15, 0.2) is 35.0 Å². The molecular formula is C18H20ClN3O2S. The van der Waals surface area contributed by atoms with E-state index in [4.69, 9.17) is 0 Å². The molecular weight excluding hydrogens is 358 g/mol. The van der Waals surface area contributed by atoms with Gasteiger partial charge in [-0.3, -0.25) is 9.59 Å². The summed E-state index contributed by atoms with van der Waals surface area (Å²) in [6.07, 6.45) is 0. The molecule has 25 heavy (non-hydrogen) atoms. The van der Waals surface area contributed by atoms with Crippen molar-refractivity contribution in [2.45, 2.75) is 13.1 Å². The monoisotopic (exact) mass is 377 g/mol. The fourth-order valence-corrected chi connectivity index (χ4v) is 3.92. The molecule has 1 saturated heterocycles. The number of halogens is 1. The van der Waals surface area contributed by atoms with Crippen molar-refractivity contribution in [3.8, 4) is 0 Å². The van der Waals surface area contributed by atoms with E-state index in [2.05, 4.69) is 5.32 Å². The van der Waals surface area contributed by atoms with Crippen LogP contribution in [0, 0.1) is 0 Å². The van der Waals surface area contributed by atoms with Crippen molar-refractivity contribution in [2.24, 2.45) is 0 Å². The zero-order chi connectivity index (χ0) is 16.5. The summed E-state index contributed by atoms with van der Waals surface area (Å²) >= 11 is 1.53. The Hall–Kier alpha value is -1.89. The predicted molar refractivity (Wildman–Crippen MR) is 100 cm³/mol. The molecule has 2 aromatic rings. The fraction of sp³-hybridized carbons (Fsp3) is 0.333. The number of carbonyl (C=O) groups is 2. The molecule has 0 aliphatic carbocycles. The number of hydrogen-bond donors (Lipinski definition) is 1. The first-order chi connectivity index (χ1) is 11.7. The zero-order valence-electron chi connectivity index (χ0n) is 13.7. The van der Waals surface area contributed by atoms with Crippen LogP contribution in [0.3, 0.4) is 0 Å². The Labute approximate surface area is 157 Å². The number of benzene rings is 1. The number of rotatable bonds is 2. The van der Waals surface area contributed by atoms with E-state index in [-0.39, 0.29) is 24.2 Å². The van der Waals surface area contributed by atoms with Crippen LogP contribution >= 0.6 is 23.7 Å².